The van der Waals surface area contributed by atoms with Crippen LogP contribution in [0.15, 0.2) is 18.2 Å². The first-order valence-corrected chi connectivity index (χ1v) is 6.73. The van der Waals surface area contributed by atoms with E-state index in [0.29, 0.717) is 16.5 Å². The first-order valence-electron chi connectivity index (χ1n) is 4.80. The Morgan fingerprint density at radius 1 is 1.47 bits per heavy atom. The summed E-state index contributed by atoms with van der Waals surface area (Å²) in [6.45, 7) is 0.288. The van der Waals surface area contributed by atoms with Crippen molar-refractivity contribution in [2.24, 2.45) is 5.14 Å². The van der Waals surface area contributed by atoms with Gasteiger partial charge < -0.3 is 9.47 Å². The van der Waals surface area contributed by atoms with Crippen LogP contribution in [0.25, 0.3) is 0 Å². The predicted octanol–water partition coefficient (Wildman–Crippen LogP) is 0.273. The molecule has 1 aromatic rings. The zero-order valence-corrected chi connectivity index (χ0v) is 10.3. The van der Waals surface area contributed by atoms with E-state index >= 15 is 0 Å². The standard InChI is InChI=1S/C9H11ClN2O4S/c10-6-1-2-8-9(3-6)15-5-7(16-8)4-12-17(11,13)14/h1-3,7,12H,4-5H2,(H2,11,13,14). The van der Waals surface area contributed by atoms with Gasteiger partial charge in [-0.2, -0.15) is 13.1 Å². The maximum Gasteiger partial charge on any atom is 0.274 e. The van der Waals surface area contributed by atoms with Gasteiger partial charge in [0.25, 0.3) is 10.2 Å². The van der Waals surface area contributed by atoms with Gasteiger partial charge in [-0.05, 0) is 12.1 Å². The molecule has 1 heterocycles. The second-order valence-electron chi connectivity index (χ2n) is 3.54. The van der Waals surface area contributed by atoms with Crippen molar-refractivity contribution >= 4 is 21.8 Å². The molecule has 1 atom stereocenters. The van der Waals surface area contributed by atoms with Crippen molar-refractivity contribution in [1.82, 2.24) is 4.72 Å². The summed E-state index contributed by atoms with van der Waals surface area (Å²) < 4.78 is 34.5. The van der Waals surface area contributed by atoms with E-state index < -0.39 is 16.3 Å². The third-order valence-electron chi connectivity index (χ3n) is 2.14. The van der Waals surface area contributed by atoms with E-state index in [0.717, 1.165) is 0 Å². The molecule has 0 aliphatic carbocycles. The zero-order valence-electron chi connectivity index (χ0n) is 8.72. The molecule has 0 amide bonds. The number of nitrogens with two attached hydrogens (primary N) is 1. The molecular weight excluding hydrogens is 268 g/mol. The SMILES string of the molecule is NS(=O)(=O)NCC1COc2cc(Cl)ccc2O1. The Hall–Kier alpha value is -1.02. The number of hydrogen-bond acceptors (Lipinski definition) is 4. The fourth-order valence-electron chi connectivity index (χ4n) is 1.40. The van der Waals surface area contributed by atoms with Crippen molar-refractivity contribution in [3.05, 3.63) is 23.2 Å². The Labute approximate surface area is 104 Å². The summed E-state index contributed by atoms with van der Waals surface area (Å²) in [7, 11) is -3.71. The summed E-state index contributed by atoms with van der Waals surface area (Å²) in [5, 5.41) is 5.36. The van der Waals surface area contributed by atoms with Crippen LogP contribution in [0, 0.1) is 0 Å². The highest BCUT2D eigenvalue weighted by Crippen LogP contribution is 2.33. The average molecular weight is 279 g/mol. The molecule has 3 N–H and O–H groups in total. The van der Waals surface area contributed by atoms with Crippen molar-refractivity contribution in [2.75, 3.05) is 13.2 Å². The number of ether oxygens (including phenoxy) is 2. The maximum absolute atomic E-state index is 10.7. The lowest BCUT2D eigenvalue weighted by molar-refractivity contribution is 0.0943. The van der Waals surface area contributed by atoms with Gasteiger partial charge in [-0.1, -0.05) is 11.6 Å². The topological polar surface area (TPSA) is 90.7 Å². The summed E-state index contributed by atoms with van der Waals surface area (Å²) in [5.41, 5.74) is 0. The number of rotatable bonds is 3. The Balaban J connectivity index is 2.01. The van der Waals surface area contributed by atoms with Crippen molar-refractivity contribution in [2.45, 2.75) is 6.10 Å². The summed E-state index contributed by atoms with van der Waals surface area (Å²) in [6, 6.07) is 4.97. The molecule has 0 fully saturated rings. The minimum atomic E-state index is -3.71. The van der Waals surface area contributed by atoms with Crippen LogP contribution in [0.4, 0.5) is 0 Å². The second kappa shape index (κ2) is 4.69. The molecule has 94 valence electrons. The van der Waals surface area contributed by atoms with E-state index in [1.54, 1.807) is 18.2 Å². The normalized spacial score (nSPS) is 19.1. The van der Waals surface area contributed by atoms with E-state index in [1.807, 2.05) is 0 Å². The highest BCUT2D eigenvalue weighted by Gasteiger charge is 2.22. The number of halogens is 1. The van der Waals surface area contributed by atoms with Crippen molar-refractivity contribution in [3.63, 3.8) is 0 Å². The Morgan fingerprint density at radius 2 is 2.24 bits per heavy atom. The van der Waals surface area contributed by atoms with Crippen LogP contribution in [-0.2, 0) is 10.2 Å². The van der Waals surface area contributed by atoms with E-state index in [4.69, 9.17) is 26.2 Å². The molecule has 0 bridgehead atoms. The van der Waals surface area contributed by atoms with E-state index in [9.17, 15) is 8.42 Å². The lowest BCUT2D eigenvalue weighted by atomic mass is 10.2. The zero-order chi connectivity index (χ0) is 12.5. The third kappa shape index (κ3) is 3.47. The van der Waals surface area contributed by atoms with Gasteiger partial charge in [-0.3, -0.25) is 0 Å². The summed E-state index contributed by atoms with van der Waals surface area (Å²) >= 11 is 5.79. The summed E-state index contributed by atoms with van der Waals surface area (Å²) in [4.78, 5) is 0. The average Bonchev–Trinajstić information content (AvgIpc) is 2.25. The van der Waals surface area contributed by atoms with Gasteiger partial charge in [0.05, 0.1) is 6.54 Å². The first kappa shape index (κ1) is 12.4. The highest BCUT2D eigenvalue weighted by atomic mass is 35.5. The molecule has 0 saturated carbocycles. The van der Waals surface area contributed by atoms with Gasteiger partial charge in [-0.15, -0.1) is 0 Å². The largest absolute Gasteiger partial charge is 0.486 e. The fourth-order valence-corrected chi connectivity index (χ4v) is 1.98. The first-order chi connectivity index (χ1) is 7.94. The lowest BCUT2D eigenvalue weighted by Crippen LogP contribution is -2.42. The summed E-state index contributed by atoms with van der Waals surface area (Å²) in [5.74, 6) is 1.08. The molecule has 0 saturated heterocycles. The van der Waals surface area contributed by atoms with Crippen molar-refractivity contribution in [1.29, 1.82) is 0 Å². The van der Waals surface area contributed by atoms with Gasteiger partial charge in [0, 0.05) is 11.1 Å². The lowest BCUT2D eigenvalue weighted by Gasteiger charge is -2.26. The Morgan fingerprint density at radius 3 is 2.94 bits per heavy atom. The van der Waals surface area contributed by atoms with Crippen LogP contribution >= 0.6 is 11.6 Å². The van der Waals surface area contributed by atoms with Crippen LogP contribution in [0.5, 0.6) is 11.5 Å². The molecule has 1 aliphatic rings. The molecular formula is C9H11ClN2O4S. The molecule has 1 unspecified atom stereocenters. The number of fused-ring (bicyclic) bond motifs is 1. The van der Waals surface area contributed by atoms with Crippen LogP contribution in [-0.4, -0.2) is 27.7 Å². The van der Waals surface area contributed by atoms with Crippen LogP contribution in [0.2, 0.25) is 5.02 Å². The van der Waals surface area contributed by atoms with Crippen LogP contribution in [0.3, 0.4) is 0 Å². The molecule has 0 radical (unpaired) electrons. The Kier molecular flexibility index (Phi) is 3.43. The van der Waals surface area contributed by atoms with Gasteiger partial charge in [0.2, 0.25) is 0 Å². The van der Waals surface area contributed by atoms with Gasteiger partial charge >= 0.3 is 0 Å². The molecule has 2 rings (SSSR count). The molecule has 1 aromatic carbocycles. The van der Waals surface area contributed by atoms with E-state index in [2.05, 4.69) is 4.72 Å². The smallest absolute Gasteiger partial charge is 0.274 e. The molecule has 17 heavy (non-hydrogen) atoms. The molecule has 0 spiro atoms. The number of nitrogens with one attached hydrogen (secondary N) is 1. The fraction of sp³-hybridized carbons (Fsp3) is 0.333. The minimum Gasteiger partial charge on any atom is -0.486 e. The van der Waals surface area contributed by atoms with Gasteiger partial charge in [0.15, 0.2) is 11.5 Å². The van der Waals surface area contributed by atoms with E-state index in [1.165, 1.54) is 0 Å². The van der Waals surface area contributed by atoms with Crippen molar-refractivity contribution in [3.8, 4) is 11.5 Å². The van der Waals surface area contributed by atoms with Crippen LogP contribution < -0.4 is 19.3 Å². The highest BCUT2D eigenvalue weighted by molar-refractivity contribution is 7.87. The Bertz CT molecular complexity index is 520. The molecule has 0 aromatic heterocycles. The maximum atomic E-state index is 10.7. The predicted molar refractivity (Wildman–Crippen MR) is 62.5 cm³/mol. The monoisotopic (exact) mass is 278 g/mol. The summed E-state index contributed by atoms with van der Waals surface area (Å²) in [6.07, 6.45) is -0.415. The van der Waals surface area contributed by atoms with Crippen LogP contribution in [0.1, 0.15) is 0 Å². The third-order valence-corrected chi connectivity index (χ3v) is 2.94. The second-order valence-corrected chi connectivity index (χ2v) is 5.35. The van der Waals surface area contributed by atoms with Crippen molar-refractivity contribution < 1.29 is 17.9 Å². The van der Waals surface area contributed by atoms with Gasteiger partial charge in [-0.25, -0.2) is 5.14 Å². The van der Waals surface area contributed by atoms with E-state index in [-0.39, 0.29) is 13.2 Å². The number of benzene rings is 1. The minimum absolute atomic E-state index is 0.0564. The molecule has 8 heteroatoms. The molecule has 1 aliphatic heterocycles. The number of hydrogen-bond donors (Lipinski definition) is 2. The van der Waals surface area contributed by atoms with Gasteiger partial charge in [0.1, 0.15) is 12.7 Å². The quantitative estimate of drug-likeness (QED) is 0.830. The molecule has 6 nitrogen and oxygen atoms in total.